The van der Waals surface area contributed by atoms with Crippen LogP contribution >= 0.6 is 0 Å². The highest BCUT2D eigenvalue weighted by Crippen LogP contribution is 2.38. The van der Waals surface area contributed by atoms with E-state index in [0.29, 0.717) is 12.1 Å². The summed E-state index contributed by atoms with van der Waals surface area (Å²) < 4.78 is 53.4. The predicted octanol–water partition coefficient (Wildman–Crippen LogP) is 3.11. The monoisotopic (exact) mass is 385 g/mol. The highest BCUT2D eigenvalue weighted by atomic mass is 19.4. The Kier molecular flexibility index (Phi) is 4.17. The third kappa shape index (κ3) is 3.11. The van der Waals surface area contributed by atoms with E-state index in [-0.39, 0.29) is 22.7 Å². The zero-order valence-electron chi connectivity index (χ0n) is 13.5. The molecule has 1 aromatic heterocycles. The number of aromatic nitrogens is 2. The van der Waals surface area contributed by atoms with E-state index in [4.69, 9.17) is 5.11 Å². The number of carbonyl (C=O) groups is 2. The molecule has 2 heterocycles. The molecule has 142 valence electrons. The quantitative estimate of drug-likeness (QED) is 0.702. The molecule has 1 atom stereocenters. The number of benzene rings is 1. The number of hydrogen-bond donors (Lipinski definition) is 3. The second kappa shape index (κ2) is 6.11. The van der Waals surface area contributed by atoms with Crippen molar-refractivity contribution in [3.8, 4) is 0 Å². The Balaban J connectivity index is 2.21. The van der Waals surface area contributed by atoms with Crippen molar-refractivity contribution >= 4 is 17.8 Å². The Hall–Kier alpha value is -3.37. The number of nitrogens with zero attached hydrogens (tertiary/aromatic N) is 2. The predicted molar refractivity (Wildman–Crippen MR) is 82.7 cm³/mol. The summed E-state index contributed by atoms with van der Waals surface area (Å²) in [6, 6.07) is 1.83. The molecule has 0 saturated carbocycles. The molecule has 0 spiro atoms. The van der Waals surface area contributed by atoms with Gasteiger partial charge in [-0.15, -0.1) is 0 Å². The van der Waals surface area contributed by atoms with Crippen LogP contribution in [0.15, 0.2) is 35.5 Å². The van der Waals surface area contributed by atoms with Gasteiger partial charge in [-0.3, -0.25) is 0 Å². The van der Waals surface area contributed by atoms with Crippen LogP contribution < -0.4 is 5.32 Å². The zero-order valence-corrected chi connectivity index (χ0v) is 13.5. The van der Waals surface area contributed by atoms with Gasteiger partial charge in [0.15, 0.2) is 5.69 Å². The van der Waals surface area contributed by atoms with Crippen LogP contribution in [0.25, 0.3) is 0 Å². The van der Waals surface area contributed by atoms with Crippen LogP contribution in [0.5, 0.6) is 0 Å². The molecule has 0 aliphatic carbocycles. The van der Waals surface area contributed by atoms with Crippen molar-refractivity contribution in [2.75, 3.05) is 5.32 Å². The lowest BCUT2D eigenvalue weighted by Crippen LogP contribution is -2.28. The summed E-state index contributed by atoms with van der Waals surface area (Å²) in [6.45, 7) is 1.40. The van der Waals surface area contributed by atoms with E-state index in [9.17, 15) is 32.3 Å². The average Bonchev–Trinajstić information content (AvgIpc) is 2.95. The number of allylic oxidation sites excluding steroid dienone is 1. The lowest BCUT2D eigenvalue weighted by Gasteiger charge is -2.28. The van der Waals surface area contributed by atoms with Gasteiger partial charge in [-0.25, -0.2) is 18.7 Å². The van der Waals surface area contributed by atoms with Gasteiger partial charge in [-0.05, 0) is 24.6 Å². The molecule has 3 N–H and O–H groups in total. The van der Waals surface area contributed by atoms with Gasteiger partial charge in [0.05, 0.1) is 11.1 Å². The summed E-state index contributed by atoms with van der Waals surface area (Å²) in [5, 5.41) is 25.1. The summed E-state index contributed by atoms with van der Waals surface area (Å²) in [5.41, 5.74) is -2.21. The summed E-state index contributed by atoms with van der Waals surface area (Å²) in [7, 11) is 0. The van der Waals surface area contributed by atoms with Crippen LogP contribution in [0.1, 0.15) is 34.6 Å². The summed E-state index contributed by atoms with van der Waals surface area (Å²) in [6.07, 6.45) is -4.91. The van der Waals surface area contributed by atoms with Crippen LogP contribution in [-0.4, -0.2) is 31.9 Å². The Morgan fingerprint density at radius 1 is 1.19 bits per heavy atom. The molecular formula is C16H11F4N3O4. The van der Waals surface area contributed by atoms with Gasteiger partial charge in [-0.2, -0.15) is 18.3 Å². The number of rotatable bonds is 3. The molecule has 0 fully saturated rings. The Morgan fingerprint density at radius 2 is 1.85 bits per heavy atom. The molecule has 1 aliphatic heterocycles. The largest absolute Gasteiger partial charge is 0.478 e. The summed E-state index contributed by atoms with van der Waals surface area (Å²) in [5.74, 6) is -4.26. The lowest BCUT2D eigenvalue weighted by molar-refractivity contribution is -0.140. The van der Waals surface area contributed by atoms with Crippen molar-refractivity contribution in [2.24, 2.45) is 0 Å². The van der Waals surface area contributed by atoms with Gasteiger partial charge in [-0.1, -0.05) is 6.07 Å². The SMILES string of the molecule is CC1=C(C(=O)O)C(c2ccc(C(F)(F)F)c(F)c2)n2nc(C(=O)O)cc2N1. The molecular weight excluding hydrogens is 374 g/mol. The molecule has 1 aromatic carbocycles. The van der Waals surface area contributed by atoms with Gasteiger partial charge in [0.1, 0.15) is 17.7 Å². The first-order valence-electron chi connectivity index (χ1n) is 7.41. The number of aliphatic carboxylic acids is 1. The maximum Gasteiger partial charge on any atom is 0.419 e. The van der Waals surface area contributed by atoms with E-state index in [1.165, 1.54) is 6.92 Å². The van der Waals surface area contributed by atoms with Crippen molar-refractivity contribution in [3.63, 3.8) is 0 Å². The summed E-state index contributed by atoms with van der Waals surface area (Å²) >= 11 is 0. The van der Waals surface area contributed by atoms with E-state index in [1.54, 1.807) is 0 Å². The van der Waals surface area contributed by atoms with E-state index < -0.39 is 41.2 Å². The molecule has 3 rings (SSSR count). The molecule has 0 bridgehead atoms. The second-order valence-electron chi connectivity index (χ2n) is 5.77. The van der Waals surface area contributed by atoms with Gasteiger partial charge < -0.3 is 15.5 Å². The van der Waals surface area contributed by atoms with Crippen molar-refractivity contribution in [1.29, 1.82) is 0 Å². The number of anilines is 1. The first-order valence-corrected chi connectivity index (χ1v) is 7.41. The maximum absolute atomic E-state index is 14.0. The number of aromatic carboxylic acids is 1. The van der Waals surface area contributed by atoms with Gasteiger partial charge in [0.2, 0.25) is 0 Å². The number of alkyl halides is 3. The molecule has 1 aliphatic rings. The minimum Gasteiger partial charge on any atom is -0.478 e. The van der Waals surface area contributed by atoms with E-state index in [0.717, 1.165) is 16.8 Å². The van der Waals surface area contributed by atoms with Gasteiger partial charge in [0.25, 0.3) is 0 Å². The smallest absolute Gasteiger partial charge is 0.419 e. The number of carboxylic acids is 2. The molecule has 0 saturated heterocycles. The molecule has 7 nitrogen and oxygen atoms in total. The average molecular weight is 385 g/mol. The maximum atomic E-state index is 14.0. The highest BCUT2D eigenvalue weighted by Gasteiger charge is 2.37. The fourth-order valence-electron chi connectivity index (χ4n) is 2.89. The number of carboxylic acid groups (broad SMARTS) is 2. The van der Waals surface area contributed by atoms with Crippen LogP contribution in [0, 0.1) is 5.82 Å². The summed E-state index contributed by atoms with van der Waals surface area (Å²) in [4.78, 5) is 22.8. The van der Waals surface area contributed by atoms with E-state index >= 15 is 0 Å². The van der Waals surface area contributed by atoms with Crippen molar-refractivity contribution < 1.29 is 37.4 Å². The van der Waals surface area contributed by atoms with E-state index in [2.05, 4.69) is 10.4 Å². The van der Waals surface area contributed by atoms with Crippen molar-refractivity contribution in [2.45, 2.75) is 19.1 Å². The third-order valence-electron chi connectivity index (χ3n) is 4.04. The molecule has 11 heteroatoms. The second-order valence-corrected chi connectivity index (χ2v) is 5.77. The van der Waals surface area contributed by atoms with Crippen LogP contribution in [0.3, 0.4) is 0 Å². The van der Waals surface area contributed by atoms with Crippen molar-refractivity contribution in [3.05, 3.63) is 58.2 Å². The Labute approximate surface area is 148 Å². The number of hydrogen-bond acceptors (Lipinski definition) is 4. The van der Waals surface area contributed by atoms with Crippen LogP contribution in [0.2, 0.25) is 0 Å². The topological polar surface area (TPSA) is 104 Å². The number of halogens is 4. The molecule has 2 aromatic rings. The minimum absolute atomic E-state index is 0.111. The van der Waals surface area contributed by atoms with E-state index in [1.807, 2.05) is 0 Å². The molecule has 0 radical (unpaired) electrons. The number of nitrogens with one attached hydrogen (secondary N) is 1. The fourth-order valence-corrected chi connectivity index (χ4v) is 2.89. The minimum atomic E-state index is -4.91. The third-order valence-corrected chi connectivity index (χ3v) is 4.04. The van der Waals surface area contributed by atoms with Gasteiger partial charge in [0, 0.05) is 11.8 Å². The standard InChI is InChI=1S/C16H11F4N3O4/c1-6-12(15(26)27)13(23-11(21-6)5-10(22-23)14(24)25)7-2-3-8(9(17)4-7)16(18,19)20/h2-5,13,21H,1H3,(H,24,25)(H,26,27). The number of fused-ring (bicyclic) bond motifs is 1. The van der Waals surface area contributed by atoms with Crippen molar-refractivity contribution in [1.82, 2.24) is 9.78 Å². The Morgan fingerprint density at radius 3 is 2.37 bits per heavy atom. The molecule has 1 unspecified atom stereocenters. The van der Waals surface area contributed by atoms with Crippen LogP contribution in [0.4, 0.5) is 23.4 Å². The lowest BCUT2D eigenvalue weighted by atomic mass is 9.94. The molecule has 0 amide bonds. The first-order chi connectivity index (χ1) is 12.5. The van der Waals surface area contributed by atoms with Gasteiger partial charge >= 0.3 is 18.1 Å². The Bertz CT molecular complexity index is 994. The highest BCUT2D eigenvalue weighted by molar-refractivity contribution is 5.92. The first kappa shape index (κ1) is 18.4. The van der Waals surface area contributed by atoms with Crippen LogP contribution in [-0.2, 0) is 11.0 Å². The zero-order chi connectivity index (χ0) is 20.1. The normalized spacial score (nSPS) is 16.7. The molecule has 27 heavy (non-hydrogen) atoms. The fraction of sp³-hybridized carbons (Fsp3) is 0.188.